The van der Waals surface area contributed by atoms with E-state index < -0.39 is 15.9 Å². The minimum Gasteiger partial charge on any atom is -0.496 e. The van der Waals surface area contributed by atoms with Crippen molar-refractivity contribution in [1.82, 2.24) is 10.0 Å². The van der Waals surface area contributed by atoms with E-state index in [1.165, 1.54) is 25.3 Å². The van der Waals surface area contributed by atoms with Gasteiger partial charge in [0.2, 0.25) is 10.0 Å². The molecular formula is C17H19ClN2O4S. The Morgan fingerprint density at radius 3 is 2.56 bits per heavy atom. The summed E-state index contributed by atoms with van der Waals surface area (Å²) in [5.74, 6) is -0.0986. The standard InChI is InChI=1S/C17H19ClN2O4S/c1-3-19-17(21)14-10-13(8-9-16(14)24-2)25(22,23)20-11-12-6-4-5-7-15(12)18/h4-10,20H,3,11H2,1-2H3,(H,19,21). The molecule has 0 fully saturated rings. The summed E-state index contributed by atoms with van der Waals surface area (Å²) in [6.07, 6.45) is 0. The smallest absolute Gasteiger partial charge is 0.255 e. The summed E-state index contributed by atoms with van der Waals surface area (Å²) in [7, 11) is -2.40. The maximum absolute atomic E-state index is 12.5. The molecule has 1 amide bonds. The van der Waals surface area contributed by atoms with E-state index in [0.29, 0.717) is 22.9 Å². The lowest BCUT2D eigenvalue weighted by molar-refractivity contribution is 0.0952. The lowest BCUT2D eigenvalue weighted by Gasteiger charge is -2.12. The van der Waals surface area contributed by atoms with Crippen LogP contribution in [0.2, 0.25) is 5.02 Å². The molecule has 25 heavy (non-hydrogen) atoms. The van der Waals surface area contributed by atoms with Crippen LogP contribution >= 0.6 is 11.6 Å². The van der Waals surface area contributed by atoms with Crippen molar-refractivity contribution in [2.24, 2.45) is 0 Å². The van der Waals surface area contributed by atoms with E-state index in [4.69, 9.17) is 16.3 Å². The fourth-order valence-electron chi connectivity index (χ4n) is 2.19. The molecule has 134 valence electrons. The Labute approximate surface area is 152 Å². The third-order valence-electron chi connectivity index (χ3n) is 3.47. The van der Waals surface area contributed by atoms with Crippen molar-refractivity contribution in [2.75, 3.05) is 13.7 Å². The number of benzene rings is 2. The summed E-state index contributed by atoms with van der Waals surface area (Å²) < 4.78 is 32.7. The predicted octanol–water partition coefficient (Wildman–Crippen LogP) is 2.58. The first kappa shape index (κ1) is 19.2. The average molecular weight is 383 g/mol. The Hall–Kier alpha value is -2.09. The van der Waals surface area contributed by atoms with Crippen LogP contribution in [0.5, 0.6) is 5.75 Å². The molecule has 0 bridgehead atoms. The van der Waals surface area contributed by atoms with Gasteiger partial charge in [0.05, 0.1) is 17.6 Å². The number of rotatable bonds is 7. The normalized spacial score (nSPS) is 11.2. The van der Waals surface area contributed by atoms with E-state index in [9.17, 15) is 13.2 Å². The van der Waals surface area contributed by atoms with Gasteiger partial charge in [-0.05, 0) is 36.8 Å². The summed E-state index contributed by atoms with van der Waals surface area (Å²) in [5, 5.41) is 3.10. The largest absolute Gasteiger partial charge is 0.496 e. The number of amides is 1. The van der Waals surface area contributed by atoms with Crippen molar-refractivity contribution >= 4 is 27.5 Å². The first-order valence-electron chi connectivity index (χ1n) is 7.58. The van der Waals surface area contributed by atoms with Crippen molar-refractivity contribution in [3.63, 3.8) is 0 Å². The summed E-state index contributed by atoms with van der Waals surface area (Å²) >= 11 is 6.04. The fourth-order valence-corrected chi connectivity index (χ4v) is 3.42. The molecule has 8 heteroatoms. The molecule has 0 radical (unpaired) electrons. The molecule has 2 aromatic carbocycles. The Morgan fingerprint density at radius 2 is 1.92 bits per heavy atom. The van der Waals surface area contributed by atoms with Crippen LogP contribution < -0.4 is 14.8 Å². The molecule has 0 aliphatic carbocycles. The van der Waals surface area contributed by atoms with Gasteiger partial charge in [0.25, 0.3) is 5.91 Å². The molecular weight excluding hydrogens is 364 g/mol. The number of halogens is 1. The van der Waals surface area contributed by atoms with E-state index in [1.54, 1.807) is 31.2 Å². The number of carbonyl (C=O) groups is 1. The molecule has 0 aromatic heterocycles. The highest BCUT2D eigenvalue weighted by atomic mass is 35.5. The summed E-state index contributed by atoms with van der Waals surface area (Å²) in [4.78, 5) is 12.1. The zero-order chi connectivity index (χ0) is 18.4. The number of carbonyl (C=O) groups excluding carboxylic acids is 1. The molecule has 2 rings (SSSR count). The van der Waals surface area contributed by atoms with E-state index >= 15 is 0 Å². The average Bonchev–Trinajstić information content (AvgIpc) is 2.60. The van der Waals surface area contributed by atoms with Crippen molar-refractivity contribution in [1.29, 1.82) is 0 Å². The highest BCUT2D eigenvalue weighted by molar-refractivity contribution is 7.89. The zero-order valence-corrected chi connectivity index (χ0v) is 15.4. The van der Waals surface area contributed by atoms with Crippen LogP contribution in [0.4, 0.5) is 0 Å². The Bertz CT molecular complexity index is 869. The first-order valence-corrected chi connectivity index (χ1v) is 9.44. The van der Waals surface area contributed by atoms with Gasteiger partial charge in [-0.3, -0.25) is 4.79 Å². The van der Waals surface area contributed by atoms with E-state index in [2.05, 4.69) is 10.0 Å². The Morgan fingerprint density at radius 1 is 1.20 bits per heavy atom. The molecule has 0 aliphatic rings. The van der Waals surface area contributed by atoms with Gasteiger partial charge in [-0.2, -0.15) is 0 Å². The van der Waals surface area contributed by atoms with E-state index in [1.807, 2.05) is 0 Å². The number of ether oxygens (including phenoxy) is 1. The van der Waals surface area contributed by atoms with Gasteiger partial charge in [-0.15, -0.1) is 0 Å². The summed E-state index contributed by atoms with van der Waals surface area (Å²) in [5.41, 5.74) is 0.815. The van der Waals surface area contributed by atoms with Crippen molar-refractivity contribution in [3.05, 3.63) is 58.6 Å². The van der Waals surface area contributed by atoms with Crippen LogP contribution in [-0.4, -0.2) is 28.0 Å². The Balaban J connectivity index is 2.28. The molecule has 0 saturated heterocycles. The molecule has 0 saturated carbocycles. The van der Waals surface area contributed by atoms with Gasteiger partial charge in [0.15, 0.2) is 0 Å². The zero-order valence-electron chi connectivity index (χ0n) is 13.9. The van der Waals surface area contributed by atoms with Gasteiger partial charge in [-0.25, -0.2) is 13.1 Å². The number of sulfonamides is 1. The molecule has 6 nitrogen and oxygen atoms in total. The monoisotopic (exact) mass is 382 g/mol. The second kappa shape index (κ2) is 8.33. The molecule has 2 aromatic rings. The third-order valence-corrected chi connectivity index (χ3v) is 5.24. The minimum absolute atomic E-state index is 0.0263. The first-order chi connectivity index (χ1) is 11.9. The van der Waals surface area contributed by atoms with Gasteiger partial charge in [0, 0.05) is 18.1 Å². The number of nitrogens with one attached hydrogen (secondary N) is 2. The maximum Gasteiger partial charge on any atom is 0.255 e. The van der Waals surface area contributed by atoms with E-state index in [-0.39, 0.29) is 17.0 Å². The third kappa shape index (κ3) is 4.72. The van der Waals surface area contributed by atoms with Gasteiger partial charge in [-0.1, -0.05) is 29.8 Å². The number of hydrogen-bond donors (Lipinski definition) is 2. The van der Waals surface area contributed by atoms with Gasteiger partial charge < -0.3 is 10.1 Å². The second-order valence-electron chi connectivity index (χ2n) is 5.14. The highest BCUT2D eigenvalue weighted by Crippen LogP contribution is 2.23. The lowest BCUT2D eigenvalue weighted by atomic mass is 10.2. The van der Waals surface area contributed by atoms with Crippen molar-refractivity contribution < 1.29 is 17.9 Å². The number of hydrogen-bond acceptors (Lipinski definition) is 4. The Kier molecular flexibility index (Phi) is 6.41. The second-order valence-corrected chi connectivity index (χ2v) is 7.31. The highest BCUT2D eigenvalue weighted by Gasteiger charge is 2.19. The van der Waals surface area contributed by atoms with Gasteiger partial charge >= 0.3 is 0 Å². The van der Waals surface area contributed by atoms with Crippen LogP contribution in [0.1, 0.15) is 22.8 Å². The minimum atomic E-state index is -3.82. The van der Waals surface area contributed by atoms with Crippen LogP contribution in [-0.2, 0) is 16.6 Å². The summed E-state index contributed by atoms with van der Waals surface area (Å²) in [6.45, 7) is 2.24. The van der Waals surface area contributed by atoms with Crippen LogP contribution in [0.25, 0.3) is 0 Å². The van der Waals surface area contributed by atoms with Crippen molar-refractivity contribution in [2.45, 2.75) is 18.4 Å². The van der Waals surface area contributed by atoms with Crippen LogP contribution in [0, 0.1) is 0 Å². The molecule has 2 N–H and O–H groups in total. The topological polar surface area (TPSA) is 84.5 Å². The maximum atomic E-state index is 12.5. The predicted molar refractivity (Wildman–Crippen MR) is 96.5 cm³/mol. The molecule has 0 spiro atoms. The van der Waals surface area contributed by atoms with Crippen molar-refractivity contribution in [3.8, 4) is 5.75 Å². The quantitative estimate of drug-likeness (QED) is 0.770. The lowest BCUT2D eigenvalue weighted by Crippen LogP contribution is -2.26. The molecule has 0 aliphatic heterocycles. The van der Waals surface area contributed by atoms with Crippen LogP contribution in [0.3, 0.4) is 0 Å². The molecule has 0 heterocycles. The molecule has 0 atom stereocenters. The van der Waals surface area contributed by atoms with Gasteiger partial charge in [0.1, 0.15) is 5.75 Å². The SMILES string of the molecule is CCNC(=O)c1cc(S(=O)(=O)NCc2ccccc2Cl)ccc1OC. The van der Waals surface area contributed by atoms with E-state index in [0.717, 1.165) is 0 Å². The number of methoxy groups -OCH3 is 1. The fraction of sp³-hybridized carbons (Fsp3) is 0.235. The molecule has 0 unspecified atom stereocenters. The van der Waals surface area contributed by atoms with Crippen LogP contribution in [0.15, 0.2) is 47.4 Å². The summed E-state index contributed by atoms with van der Waals surface area (Å²) in [6, 6.07) is 11.1.